The Balaban J connectivity index is 1.51. The molecule has 140 valence electrons. The molecule has 0 amide bonds. The Morgan fingerprint density at radius 2 is 2.21 bits per heavy atom. The van der Waals surface area contributed by atoms with Crippen LogP contribution in [0.3, 0.4) is 0 Å². The highest BCUT2D eigenvalue weighted by Crippen LogP contribution is 2.26. The summed E-state index contributed by atoms with van der Waals surface area (Å²) in [5.41, 5.74) is 5.96. The van der Waals surface area contributed by atoms with Crippen molar-refractivity contribution in [3.05, 3.63) is 60.0 Å². The van der Waals surface area contributed by atoms with Crippen LogP contribution < -0.4 is 5.32 Å². The summed E-state index contributed by atoms with van der Waals surface area (Å²) in [5, 5.41) is 13.9. The lowest BCUT2D eigenvalue weighted by molar-refractivity contribution is 0.117. The minimum atomic E-state index is 0.307. The average molecular weight is 371 g/mol. The van der Waals surface area contributed by atoms with Crippen molar-refractivity contribution in [3.63, 3.8) is 0 Å². The van der Waals surface area contributed by atoms with Gasteiger partial charge < -0.3 is 15.0 Å². The Morgan fingerprint density at radius 1 is 1.29 bits per heavy atom. The van der Waals surface area contributed by atoms with Crippen molar-refractivity contribution in [1.29, 1.82) is 5.26 Å². The smallest absolute Gasteiger partial charge is 0.100 e. The number of nitrogens with one attached hydrogen (secondary N) is 2. The maximum absolute atomic E-state index is 9.09. The van der Waals surface area contributed by atoms with Gasteiger partial charge in [0.15, 0.2) is 0 Å². The number of fused-ring (bicyclic) bond motifs is 2. The third-order valence-corrected chi connectivity index (χ3v) is 5.69. The van der Waals surface area contributed by atoms with E-state index in [0.29, 0.717) is 17.7 Å². The summed E-state index contributed by atoms with van der Waals surface area (Å²) in [5.74, 6) is 0. The zero-order chi connectivity index (χ0) is 19.1. The number of nitrogens with zero attached hydrogens (tertiary/aromatic N) is 3. The Kier molecular flexibility index (Phi) is 4.12. The molecule has 0 unspecified atom stereocenters. The summed E-state index contributed by atoms with van der Waals surface area (Å²) in [6.07, 6.45) is 6.25. The Bertz CT molecular complexity index is 1200. The van der Waals surface area contributed by atoms with Crippen molar-refractivity contribution in [2.75, 3.05) is 13.7 Å². The van der Waals surface area contributed by atoms with Crippen LogP contribution in [0.4, 0.5) is 0 Å². The number of hydrogen-bond donors (Lipinski definition) is 2. The molecule has 1 saturated heterocycles. The van der Waals surface area contributed by atoms with Crippen molar-refractivity contribution >= 4 is 21.9 Å². The molecular formula is C22H21N5O. The highest BCUT2D eigenvalue weighted by atomic mass is 16.5. The summed E-state index contributed by atoms with van der Waals surface area (Å²) in [4.78, 5) is 7.87. The number of nitriles is 1. The van der Waals surface area contributed by atoms with Crippen molar-refractivity contribution < 1.29 is 4.74 Å². The van der Waals surface area contributed by atoms with Gasteiger partial charge >= 0.3 is 0 Å². The van der Waals surface area contributed by atoms with Gasteiger partial charge in [-0.15, -0.1) is 0 Å². The van der Waals surface area contributed by atoms with E-state index in [-0.39, 0.29) is 0 Å². The molecule has 4 aromatic rings. The van der Waals surface area contributed by atoms with Crippen LogP contribution in [0.1, 0.15) is 17.5 Å². The first-order chi connectivity index (χ1) is 13.7. The highest BCUT2D eigenvalue weighted by molar-refractivity contribution is 5.86. The number of aromatic nitrogens is 3. The molecule has 2 aromatic carbocycles. The normalized spacial score (nSPS) is 19.4. The molecule has 0 aliphatic carbocycles. The van der Waals surface area contributed by atoms with Crippen LogP contribution >= 0.6 is 0 Å². The molecule has 1 aliphatic heterocycles. The number of benzene rings is 2. The van der Waals surface area contributed by atoms with E-state index in [1.54, 1.807) is 7.11 Å². The molecule has 0 radical (unpaired) electrons. The quantitative estimate of drug-likeness (QED) is 0.577. The van der Waals surface area contributed by atoms with E-state index in [9.17, 15) is 0 Å². The van der Waals surface area contributed by atoms with Crippen molar-refractivity contribution in [1.82, 2.24) is 19.9 Å². The standard InChI is InChI=1S/C22H21N5O/c1-28-18-8-16(24-12-18)7-15-11-25-20-4-3-17(9-19(15)20)27-13-26-21-6-14(10-23)2-5-22(21)27/h2-6,9,11,13,16,18,24-25H,7-8,12H2,1H3/t16-,18-/m1/s1. The molecule has 3 heterocycles. The first-order valence-corrected chi connectivity index (χ1v) is 9.49. The second-order valence-electron chi connectivity index (χ2n) is 7.38. The van der Waals surface area contributed by atoms with Crippen molar-refractivity contribution in [3.8, 4) is 11.8 Å². The number of H-pyrrole nitrogens is 1. The lowest BCUT2D eigenvalue weighted by Crippen LogP contribution is -2.23. The third kappa shape index (κ3) is 2.85. The van der Waals surface area contributed by atoms with E-state index in [1.807, 2.05) is 24.5 Å². The van der Waals surface area contributed by atoms with Gasteiger partial charge in [-0.1, -0.05) is 0 Å². The van der Waals surface area contributed by atoms with Gasteiger partial charge in [-0.05, 0) is 54.8 Å². The Labute approximate surface area is 162 Å². The first-order valence-electron chi connectivity index (χ1n) is 9.49. The number of ether oxygens (including phenoxy) is 1. The zero-order valence-electron chi connectivity index (χ0n) is 15.6. The molecule has 6 nitrogen and oxygen atoms in total. The molecule has 0 bridgehead atoms. The lowest BCUT2D eigenvalue weighted by atomic mass is 10.0. The molecule has 6 heteroatoms. The minimum Gasteiger partial charge on any atom is -0.380 e. The highest BCUT2D eigenvalue weighted by Gasteiger charge is 2.24. The summed E-state index contributed by atoms with van der Waals surface area (Å²) in [7, 11) is 1.78. The first kappa shape index (κ1) is 17.0. The van der Waals surface area contributed by atoms with Crippen LogP contribution in [0.2, 0.25) is 0 Å². The van der Waals surface area contributed by atoms with E-state index < -0.39 is 0 Å². The number of aromatic amines is 1. The minimum absolute atomic E-state index is 0.307. The van der Waals surface area contributed by atoms with Gasteiger partial charge in [0, 0.05) is 42.5 Å². The molecule has 2 atom stereocenters. The fourth-order valence-corrected chi connectivity index (χ4v) is 4.16. The number of rotatable bonds is 4. The van der Waals surface area contributed by atoms with Gasteiger partial charge in [0.1, 0.15) is 6.33 Å². The van der Waals surface area contributed by atoms with Crippen LogP contribution in [0.25, 0.3) is 27.6 Å². The second kappa shape index (κ2) is 6.79. The van der Waals surface area contributed by atoms with Gasteiger partial charge in [0.2, 0.25) is 0 Å². The van der Waals surface area contributed by atoms with Crippen LogP contribution in [-0.2, 0) is 11.2 Å². The van der Waals surface area contributed by atoms with E-state index in [1.165, 1.54) is 10.9 Å². The van der Waals surface area contributed by atoms with Crippen LogP contribution in [-0.4, -0.2) is 40.3 Å². The molecule has 2 N–H and O–H groups in total. The summed E-state index contributed by atoms with van der Waals surface area (Å²) < 4.78 is 7.54. The Morgan fingerprint density at radius 3 is 3.04 bits per heavy atom. The molecular weight excluding hydrogens is 350 g/mol. The van der Waals surface area contributed by atoms with Crippen LogP contribution in [0, 0.1) is 11.3 Å². The molecule has 5 rings (SSSR count). The number of methoxy groups -OCH3 is 1. The van der Waals surface area contributed by atoms with Crippen LogP contribution in [0.15, 0.2) is 48.9 Å². The van der Waals surface area contributed by atoms with E-state index >= 15 is 0 Å². The fourth-order valence-electron chi connectivity index (χ4n) is 4.16. The maximum atomic E-state index is 9.09. The maximum Gasteiger partial charge on any atom is 0.100 e. The van der Waals surface area contributed by atoms with Gasteiger partial charge in [0.25, 0.3) is 0 Å². The molecule has 1 fully saturated rings. The SMILES string of the molecule is CO[C@H]1CN[C@H](Cc2c[nH]c3ccc(-n4cnc5cc(C#N)ccc54)cc23)C1. The van der Waals surface area contributed by atoms with Crippen molar-refractivity contribution in [2.45, 2.75) is 25.0 Å². The zero-order valence-corrected chi connectivity index (χ0v) is 15.6. The summed E-state index contributed by atoms with van der Waals surface area (Å²) >= 11 is 0. The van der Waals surface area contributed by atoms with Gasteiger partial charge in [-0.2, -0.15) is 5.26 Å². The lowest BCUT2D eigenvalue weighted by Gasteiger charge is -2.10. The predicted molar refractivity (Wildman–Crippen MR) is 109 cm³/mol. The molecule has 2 aromatic heterocycles. The fraction of sp³-hybridized carbons (Fsp3) is 0.273. The second-order valence-corrected chi connectivity index (χ2v) is 7.38. The molecule has 0 saturated carbocycles. The topological polar surface area (TPSA) is 78.7 Å². The molecule has 28 heavy (non-hydrogen) atoms. The molecule has 0 spiro atoms. The Hall–Kier alpha value is -3.14. The van der Waals surface area contributed by atoms with Crippen molar-refractivity contribution in [2.24, 2.45) is 0 Å². The average Bonchev–Trinajstić information content (AvgIpc) is 3.46. The molecule has 1 aliphatic rings. The van der Waals surface area contributed by atoms with E-state index in [0.717, 1.165) is 41.6 Å². The van der Waals surface area contributed by atoms with Gasteiger partial charge in [-0.3, -0.25) is 4.57 Å². The third-order valence-electron chi connectivity index (χ3n) is 5.69. The number of hydrogen-bond acceptors (Lipinski definition) is 4. The number of imidazole rings is 1. The van der Waals surface area contributed by atoms with E-state index in [4.69, 9.17) is 10.00 Å². The largest absolute Gasteiger partial charge is 0.380 e. The van der Waals surface area contributed by atoms with Gasteiger partial charge in [-0.25, -0.2) is 4.98 Å². The van der Waals surface area contributed by atoms with E-state index in [2.05, 4.69) is 50.3 Å². The summed E-state index contributed by atoms with van der Waals surface area (Å²) in [6.45, 7) is 0.917. The monoisotopic (exact) mass is 371 g/mol. The predicted octanol–water partition coefficient (Wildman–Crippen LogP) is 3.30. The van der Waals surface area contributed by atoms with Crippen LogP contribution in [0.5, 0.6) is 0 Å². The van der Waals surface area contributed by atoms with Gasteiger partial charge in [0.05, 0.1) is 28.8 Å². The summed E-state index contributed by atoms with van der Waals surface area (Å²) in [6, 6.07) is 14.6.